The van der Waals surface area contributed by atoms with Crippen molar-refractivity contribution in [2.24, 2.45) is 0 Å². The second-order valence-corrected chi connectivity index (χ2v) is 3.45. The Morgan fingerprint density at radius 1 is 1.75 bits per heavy atom. The van der Waals surface area contributed by atoms with E-state index >= 15 is 0 Å². The Kier molecular flexibility index (Phi) is 4.42. The monoisotopic (exact) mass is 189 g/mol. The Morgan fingerprint density at radius 2 is 2.50 bits per heavy atom. The summed E-state index contributed by atoms with van der Waals surface area (Å²) in [5.41, 5.74) is 0. The molecule has 5 heteroatoms. The highest BCUT2D eigenvalue weighted by Crippen LogP contribution is 2.13. The molecule has 0 aromatic carbocycles. The summed E-state index contributed by atoms with van der Waals surface area (Å²) in [4.78, 5) is 2.03. The van der Waals surface area contributed by atoms with Crippen LogP contribution in [0.25, 0.3) is 0 Å². The summed E-state index contributed by atoms with van der Waals surface area (Å²) in [6.45, 7) is 3.60. The van der Waals surface area contributed by atoms with E-state index in [0.29, 0.717) is 5.94 Å². The molecule has 0 unspecified atom stereocenters. The summed E-state index contributed by atoms with van der Waals surface area (Å²) < 4.78 is 5.37. The molecule has 1 fully saturated rings. The molecule has 0 bridgehead atoms. The first-order valence-corrected chi connectivity index (χ1v) is 5.02. The largest absolute Gasteiger partial charge is 0.437 e. The van der Waals surface area contributed by atoms with Gasteiger partial charge in [0, 0.05) is 6.54 Å². The van der Waals surface area contributed by atoms with Gasteiger partial charge in [0.2, 0.25) is 0 Å². The molecule has 3 nitrogen and oxygen atoms in total. The maximum Gasteiger partial charge on any atom is 0.376 e. The predicted octanol–water partition coefficient (Wildman–Crippen LogP) is 0.465. The molecular formula is C7H16BNO2S. The average Bonchev–Trinajstić information content (AvgIpc) is 2.05. The van der Waals surface area contributed by atoms with Gasteiger partial charge in [-0.25, -0.2) is 0 Å². The second-order valence-electron chi connectivity index (χ2n) is 3.19. The van der Waals surface area contributed by atoms with Crippen LogP contribution in [-0.4, -0.2) is 42.0 Å². The smallest absolute Gasteiger partial charge is 0.376 e. The molecule has 1 rings (SSSR count). The van der Waals surface area contributed by atoms with E-state index in [9.17, 15) is 5.02 Å². The van der Waals surface area contributed by atoms with Gasteiger partial charge in [0.1, 0.15) is 0 Å². The van der Waals surface area contributed by atoms with Crippen LogP contribution in [0.15, 0.2) is 0 Å². The minimum atomic E-state index is -0.351. The molecular weight excluding hydrogens is 173 g/mol. The van der Waals surface area contributed by atoms with E-state index in [1.165, 1.54) is 0 Å². The number of rotatable bonds is 3. The summed E-state index contributed by atoms with van der Waals surface area (Å²) in [6, 6.07) is 0. The highest BCUT2D eigenvalue weighted by molar-refractivity contribution is 7.80. The van der Waals surface area contributed by atoms with Gasteiger partial charge in [-0.15, -0.1) is 0 Å². The fourth-order valence-electron chi connectivity index (χ4n) is 1.55. The Balaban J connectivity index is 2.30. The van der Waals surface area contributed by atoms with Gasteiger partial charge in [-0.2, -0.15) is 12.6 Å². The van der Waals surface area contributed by atoms with Crippen LogP contribution < -0.4 is 0 Å². The molecule has 70 valence electrons. The number of nitrogens with zero attached hydrogens (tertiary/aromatic N) is 1. The van der Waals surface area contributed by atoms with E-state index in [1.807, 2.05) is 4.81 Å². The molecule has 1 N–H and O–H groups in total. The molecule has 1 atom stereocenters. The number of thiol groups is 1. The van der Waals surface area contributed by atoms with Crippen molar-refractivity contribution in [3.05, 3.63) is 0 Å². The molecule has 0 radical (unpaired) electrons. The zero-order valence-electron chi connectivity index (χ0n) is 7.44. The lowest BCUT2D eigenvalue weighted by Gasteiger charge is -2.32. The molecule has 1 heterocycles. The van der Waals surface area contributed by atoms with Gasteiger partial charge in [-0.05, 0) is 26.2 Å². The lowest BCUT2D eigenvalue weighted by molar-refractivity contribution is 0.0435. The Labute approximate surface area is 79.6 Å². The molecule has 0 saturated carbocycles. The van der Waals surface area contributed by atoms with Crippen LogP contribution in [0.4, 0.5) is 0 Å². The zero-order chi connectivity index (χ0) is 8.97. The fourth-order valence-corrected chi connectivity index (χ4v) is 1.76. The number of hydrogen-bond donors (Lipinski definition) is 2. The predicted molar refractivity (Wildman–Crippen MR) is 53.4 cm³/mol. The lowest BCUT2D eigenvalue weighted by atomic mass is 9.82. The average molecular weight is 189 g/mol. The number of ether oxygens (including phenoxy) is 1. The van der Waals surface area contributed by atoms with E-state index in [0.717, 1.165) is 25.9 Å². The summed E-state index contributed by atoms with van der Waals surface area (Å²) in [5.74, 6) is 0.471. The van der Waals surface area contributed by atoms with Crippen LogP contribution in [0.1, 0.15) is 12.8 Å². The molecule has 1 aliphatic heterocycles. The van der Waals surface area contributed by atoms with Crippen LogP contribution in [0.2, 0.25) is 6.82 Å². The van der Waals surface area contributed by atoms with Gasteiger partial charge in [-0.1, -0.05) is 0 Å². The maximum absolute atomic E-state index is 9.31. The lowest BCUT2D eigenvalue weighted by Crippen LogP contribution is -2.46. The Morgan fingerprint density at radius 3 is 3.08 bits per heavy atom. The Hall–Kier alpha value is 0.295. The topological polar surface area (TPSA) is 32.7 Å². The molecule has 0 spiro atoms. The van der Waals surface area contributed by atoms with E-state index < -0.39 is 0 Å². The third-order valence-electron chi connectivity index (χ3n) is 2.25. The third kappa shape index (κ3) is 2.97. The van der Waals surface area contributed by atoms with Crippen LogP contribution >= 0.6 is 12.6 Å². The van der Waals surface area contributed by atoms with Crippen LogP contribution in [0.3, 0.4) is 0 Å². The number of piperidine rings is 1. The van der Waals surface area contributed by atoms with Crippen molar-refractivity contribution in [2.45, 2.75) is 25.8 Å². The molecule has 1 saturated heterocycles. The first kappa shape index (κ1) is 10.4. The number of hydrogen-bond acceptors (Lipinski definition) is 4. The fraction of sp³-hybridized carbons (Fsp3) is 1.00. The second kappa shape index (κ2) is 5.12. The highest BCUT2D eigenvalue weighted by Gasteiger charge is 2.24. The zero-order valence-corrected chi connectivity index (χ0v) is 8.33. The van der Waals surface area contributed by atoms with Gasteiger partial charge in [0.15, 0.2) is 0 Å². The van der Waals surface area contributed by atoms with E-state index in [-0.39, 0.29) is 13.2 Å². The van der Waals surface area contributed by atoms with Crippen LogP contribution in [0.5, 0.6) is 0 Å². The highest BCUT2D eigenvalue weighted by atomic mass is 32.1. The summed E-state index contributed by atoms with van der Waals surface area (Å²) >= 11 is 4.01. The summed E-state index contributed by atoms with van der Waals surface area (Å²) in [5, 5.41) is 9.31. The summed E-state index contributed by atoms with van der Waals surface area (Å²) in [7, 11) is -0.351. The molecule has 0 aromatic heterocycles. The SMILES string of the molecule is CB(O)N1CCC[C@H](OCS)C1. The quantitative estimate of drug-likeness (QED) is 0.384. The third-order valence-corrected chi connectivity index (χ3v) is 2.40. The van der Waals surface area contributed by atoms with Crippen molar-refractivity contribution in [3.8, 4) is 0 Å². The molecule has 0 amide bonds. The minimum Gasteiger partial charge on any atom is -0.437 e. The van der Waals surface area contributed by atoms with Crippen molar-refractivity contribution in [1.82, 2.24) is 4.81 Å². The van der Waals surface area contributed by atoms with Gasteiger partial charge in [-0.3, -0.25) is 0 Å². The normalized spacial score (nSPS) is 25.8. The van der Waals surface area contributed by atoms with Crippen molar-refractivity contribution in [1.29, 1.82) is 0 Å². The molecule has 1 aliphatic rings. The summed E-state index contributed by atoms with van der Waals surface area (Å²) in [6.07, 6.45) is 2.44. The standard InChI is InChI=1S/C7H16BNO2S/c1-8(10)9-4-2-3-7(5-9)11-6-12/h7,10,12H,2-6H2,1H3/t7-/m0/s1. The van der Waals surface area contributed by atoms with Crippen LogP contribution in [-0.2, 0) is 4.74 Å². The van der Waals surface area contributed by atoms with Crippen molar-refractivity contribution in [3.63, 3.8) is 0 Å². The van der Waals surface area contributed by atoms with Crippen molar-refractivity contribution >= 4 is 19.7 Å². The van der Waals surface area contributed by atoms with Crippen molar-refractivity contribution in [2.75, 3.05) is 19.0 Å². The van der Waals surface area contributed by atoms with E-state index in [1.54, 1.807) is 6.82 Å². The van der Waals surface area contributed by atoms with Gasteiger partial charge < -0.3 is 14.6 Å². The van der Waals surface area contributed by atoms with Gasteiger partial charge >= 0.3 is 7.05 Å². The first-order valence-electron chi connectivity index (χ1n) is 4.38. The van der Waals surface area contributed by atoms with Crippen LogP contribution in [0, 0.1) is 0 Å². The first-order chi connectivity index (χ1) is 5.74. The van der Waals surface area contributed by atoms with Gasteiger partial charge in [0.05, 0.1) is 12.0 Å². The molecule has 12 heavy (non-hydrogen) atoms. The maximum atomic E-state index is 9.31. The van der Waals surface area contributed by atoms with E-state index in [2.05, 4.69) is 12.6 Å². The minimum absolute atomic E-state index is 0.255. The van der Waals surface area contributed by atoms with Crippen molar-refractivity contribution < 1.29 is 9.76 Å². The molecule has 0 aliphatic carbocycles. The molecule has 0 aromatic rings. The van der Waals surface area contributed by atoms with Gasteiger partial charge in [0.25, 0.3) is 0 Å². The Bertz CT molecular complexity index is 135. The van der Waals surface area contributed by atoms with E-state index in [4.69, 9.17) is 4.74 Å².